The van der Waals surface area contributed by atoms with Crippen molar-refractivity contribution in [2.45, 2.75) is 32.2 Å². The fourth-order valence-electron chi connectivity index (χ4n) is 3.41. The van der Waals surface area contributed by atoms with Crippen LogP contribution in [0.1, 0.15) is 39.9 Å². The molecule has 2 aromatic rings. The number of anilines is 2. The molecule has 6 nitrogen and oxygen atoms in total. The maximum absolute atomic E-state index is 12.1. The Morgan fingerprint density at radius 2 is 1.96 bits per heavy atom. The zero-order valence-corrected chi connectivity index (χ0v) is 14.2. The van der Waals surface area contributed by atoms with Crippen LogP contribution in [0.5, 0.6) is 0 Å². The molecule has 0 fully saturated rings. The van der Waals surface area contributed by atoms with E-state index in [-0.39, 0.29) is 17.7 Å². The molecule has 2 aromatic carbocycles. The van der Waals surface area contributed by atoms with Crippen molar-refractivity contribution in [1.29, 1.82) is 0 Å². The van der Waals surface area contributed by atoms with Crippen LogP contribution in [0.25, 0.3) is 0 Å². The second kappa shape index (κ2) is 6.63. The Labute approximate surface area is 151 Å². The van der Waals surface area contributed by atoms with Gasteiger partial charge in [-0.1, -0.05) is 18.2 Å². The molecule has 0 unspecified atom stereocenters. The van der Waals surface area contributed by atoms with Gasteiger partial charge in [-0.05, 0) is 47.7 Å². The van der Waals surface area contributed by atoms with Crippen LogP contribution >= 0.6 is 0 Å². The highest BCUT2D eigenvalue weighted by atomic mass is 16.2. The Kier molecular flexibility index (Phi) is 4.16. The van der Waals surface area contributed by atoms with Gasteiger partial charge in [-0.15, -0.1) is 0 Å². The van der Waals surface area contributed by atoms with Crippen LogP contribution in [-0.4, -0.2) is 17.7 Å². The topological polar surface area (TPSA) is 87.3 Å². The first-order valence-corrected chi connectivity index (χ1v) is 8.71. The lowest BCUT2D eigenvalue weighted by Gasteiger charge is -2.07. The Hall–Kier alpha value is -3.15. The minimum Gasteiger partial charge on any atom is -0.348 e. The molecule has 26 heavy (non-hydrogen) atoms. The van der Waals surface area contributed by atoms with Gasteiger partial charge in [0.05, 0.1) is 6.42 Å². The third kappa shape index (κ3) is 3.31. The number of nitrogens with one attached hydrogen (secondary N) is 3. The second-order valence-corrected chi connectivity index (χ2v) is 6.67. The summed E-state index contributed by atoms with van der Waals surface area (Å²) >= 11 is 0. The van der Waals surface area contributed by atoms with E-state index in [1.807, 2.05) is 30.3 Å². The largest absolute Gasteiger partial charge is 0.348 e. The molecule has 2 aliphatic rings. The zero-order chi connectivity index (χ0) is 18.1. The molecule has 0 aromatic heterocycles. The first-order valence-electron chi connectivity index (χ1n) is 8.71. The van der Waals surface area contributed by atoms with Crippen LogP contribution in [0.4, 0.5) is 11.4 Å². The van der Waals surface area contributed by atoms with Crippen molar-refractivity contribution in [2.24, 2.45) is 0 Å². The number of carbonyl (C=O) groups is 3. The van der Waals surface area contributed by atoms with Gasteiger partial charge in [0.25, 0.3) is 5.91 Å². The van der Waals surface area contributed by atoms with Crippen molar-refractivity contribution in [3.63, 3.8) is 0 Å². The summed E-state index contributed by atoms with van der Waals surface area (Å²) in [4.78, 5) is 35.2. The number of amides is 3. The Morgan fingerprint density at radius 3 is 2.85 bits per heavy atom. The Bertz CT molecular complexity index is 921. The van der Waals surface area contributed by atoms with Crippen molar-refractivity contribution in [3.8, 4) is 0 Å². The highest BCUT2D eigenvalue weighted by Crippen LogP contribution is 2.24. The molecular formula is C20H19N3O3. The van der Waals surface area contributed by atoms with Crippen LogP contribution < -0.4 is 16.0 Å². The van der Waals surface area contributed by atoms with E-state index in [0.717, 1.165) is 35.2 Å². The Morgan fingerprint density at radius 1 is 1.08 bits per heavy atom. The van der Waals surface area contributed by atoms with E-state index < -0.39 is 0 Å². The predicted octanol–water partition coefficient (Wildman–Crippen LogP) is 2.39. The maximum atomic E-state index is 12.1. The summed E-state index contributed by atoms with van der Waals surface area (Å²) in [5.41, 5.74) is 5.27. The van der Waals surface area contributed by atoms with Gasteiger partial charge >= 0.3 is 0 Å². The number of aryl methyl sites for hydroxylation is 1. The van der Waals surface area contributed by atoms with Gasteiger partial charge in [0.15, 0.2) is 0 Å². The van der Waals surface area contributed by atoms with E-state index >= 15 is 0 Å². The van der Waals surface area contributed by atoms with Crippen LogP contribution in [0, 0.1) is 0 Å². The van der Waals surface area contributed by atoms with Crippen LogP contribution in [0.15, 0.2) is 36.4 Å². The summed E-state index contributed by atoms with van der Waals surface area (Å²) in [6.07, 6.45) is 2.33. The number of hydrogen-bond acceptors (Lipinski definition) is 3. The molecule has 4 rings (SSSR count). The molecule has 2 heterocycles. The fraction of sp³-hybridized carbons (Fsp3) is 0.250. The molecule has 0 radical (unpaired) electrons. The lowest BCUT2D eigenvalue weighted by atomic mass is 10.0. The van der Waals surface area contributed by atoms with E-state index in [9.17, 15) is 14.4 Å². The Balaban J connectivity index is 1.30. The molecule has 3 amide bonds. The molecule has 0 bridgehead atoms. The predicted molar refractivity (Wildman–Crippen MR) is 98.0 cm³/mol. The average Bonchev–Trinajstić information content (AvgIpc) is 3.16. The third-order valence-corrected chi connectivity index (χ3v) is 4.74. The molecule has 0 atom stereocenters. The van der Waals surface area contributed by atoms with E-state index in [2.05, 4.69) is 16.0 Å². The zero-order valence-electron chi connectivity index (χ0n) is 14.2. The highest BCUT2D eigenvalue weighted by Gasteiger charge is 2.19. The second-order valence-electron chi connectivity index (χ2n) is 6.67. The molecule has 0 spiro atoms. The van der Waals surface area contributed by atoms with Crippen molar-refractivity contribution < 1.29 is 14.4 Å². The van der Waals surface area contributed by atoms with Crippen LogP contribution in [-0.2, 0) is 29.0 Å². The van der Waals surface area contributed by atoms with Crippen molar-refractivity contribution >= 4 is 29.1 Å². The number of carbonyl (C=O) groups excluding carboxylic acids is 3. The third-order valence-electron chi connectivity index (χ3n) is 4.74. The standard InChI is InChI=1S/C20H19N3O3/c24-18(22-15-6-5-13-11-21-20(26)16(13)10-15)3-1-2-12-4-7-17-14(8-12)9-19(25)23-17/h4-8,10H,1-3,9,11H2,(H,21,26)(H,22,24)(H,23,25). The molecule has 0 saturated carbocycles. The highest BCUT2D eigenvalue weighted by molar-refractivity contribution is 6.00. The van der Waals surface area contributed by atoms with Gasteiger partial charge in [-0.25, -0.2) is 0 Å². The molecule has 3 N–H and O–H groups in total. The van der Waals surface area contributed by atoms with Crippen molar-refractivity contribution in [3.05, 3.63) is 58.7 Å². The lowest BCUT2D eigenvalue weighted by molar-refractivity contribution is -0.116. The summed E-state index contributed by atoms with van der Waals surface area (Å²) in [6.45, 7) is 0.546. The van der Waals surface area contributed by atoms with Gasteiger partial charge in [-0.2, -0.15) is 0 Å². The lowest BCUT2D eigenvalue weighted by Crippen LogP contribution is -2.13. The summed E-state index contributed by atoms with van der Waals surface area (Å²) in [7, 11) is 0. The molecule has 0 aliphatic carbocycles. The van der Waals surface area contributed by atoms with Gasteiger partial charge < -0.3 is 16.0 Å². The first kappa shape index (κ1) is 16.3. The molecule has 6 heteroatoms. The van der Waals surface area contributed by atoms with E-state index in [4.69, 9.17) is 0 Å². The normalized spacial score (nSPS) is 14.5. The minimum atomic E-state index is -0.0966. The van der Waals surface area contributed by atoms with E-state index in [0.29, 0.717) is 30.6 Å². The number of rotatable bonds is 5. The van der Waals surface area contributed by atoms with Gasteiger partial charge in [0.1, 0.15) is 0 Å². The molecular weight excluding hydrogens is 330 g/mol. The average molecular weight is 349 g/mol. The van der Waals surface area contributed by atoms with Gasteiger partial charge in [0.2, 0.25) is 11.8 Å². The van der Waals surface area contributed by atoms with Crippen molar-refractivity contribution in [2.75, 3.05) is 10.6 Å². The van der Waals surface area contributed by atoms with Crippen LogP contribution in [0.2, 0.25) is 0 Å². The van der Waals surface area contributed by atoms with E-state index in [1.54, 1.807) is 6.07 Å². The number of fused-ring (bicyclic) bond motifs is 2. The maximum Gasteiger partial charge on any atom is 0.251 e. The number of hydrogen-bond donors (Lipinski definition) is 3. The van der Waals surface area contributed by atoms with Gasteiger partial charge in [-0.3, -0.25) is 14.4 Å². The number of benzene rings is 2. The monoisotopic (exact) mass is 349 g/mol. The van der Waals surface area contributed by atoms with E-state index in [1.165, 1.54) is 0 Å². The molecule has 2 aliphatic heterocycles. The summed E-state index contributed by atoms with van der Waals surface area (Å²) in [6, 6.07) is 11.3. The van der Waals surface area contributed by atoms with Crippen molar-refractivity contribution in [1.82, 2.24) is 5.32 Å². The fourth-order valence-corrected chi connectivity index (χ4v) is 3.41. The van der Waals surface area contributed by atoms with Crippen LogP contribution in [0.3, 0.4) is 0 Å². The SMILES string of the molecule is O=C(CCCc1ccc2c(c1)CC(=O)N2)Nc1ccc2c(c1)C(=O)NC2. The summed E-state index contributed by atoms with van der Waals surface area (Å²) < 4.78 is 0. The summed E-state index contributed by atoms with van der Waals surface area (Å²) in [5.74, 6) is -0.137. The molecule has 0 saturated heterocycles. The summed E-state index contributed by atoms with van der Waals surface area (Å²) in [5, 5.41) is 8.43. The smallest absolute Gasteiger partial charge is 0.251 e. The minimum absolute atomic E-state index is 0.0274. The quantitative estimate of drug-likeness (QED) is 0.774. The molecule has 132 valence electrons. The first-order chi connectivity index (χ1) is 12.6. The van der Waals surface area contributed by atoms with Gasteiger partial charge in [0, 0.05) is 29.9 Å².